The van der Waals surface area contributed by atoms with Crippen molar-refractivity contribution in [3.63, 3.8) is 0 Å². The normalized spacial score (nSPS) is 17.8. The largest absolute Gasteiger partial charge is 0.312 e. The van der Waals surface area contributed by atoms with E-state index in [0.29, 0.717) is 5.82 Å². The van der Waals surface area contributed by atoms with Gasteiger partial charge in [0.25, 0.3) is 0 Å². The Hall–Kier alpha value is -1.08. The number of rotatable bonds is 3. The van der Waals surface area contributed by atoms with Crippen LogP contribution in [0.1, 0.15) is 6.04 Å². The predicted octanol–water partition coefficient (Wildman–Crippen LogP) is -0.601. The summed E-state index contributed by atoms with van der Waals surface area (Å²) in [6, 6.07) is 1.91. The minimum atomic E-state index is -3.22. The molecule has 0 amide bonds. The Morgan fingerprint density at radius 2 is 2.36 bits per heavy atom. The molecule has 0 spiro atoms. The van der Waals surface area contributed by atoms with Crippen LogP contribution in [0.5, 0.6) is 0 Å². The van der Waals surface area contributed by atoms with Gasteiger partial charge in [-0.3, -0.25) is 4.72 Å². The lowest BCUT2D eigenvalue weighted by Crippen LogP contribution is -2.44. The van der Waals surface area contributed by atoms with Crippen LogP contribution in [0.15, 0.2) is 12.3 Å². The molecule has 0 unspecified atom stereocenters. The molecule has 6 nitrogen and oxygen atoms in total. The Kier molecular flexibility index (Phi) is 2.20. The summed E-state index contributed by atoms with van der Waals surface area (Å²) < 4.78 is 26.1. The van der Waals surface area contributed by atoms with E-state index in [-0.39, 0.29) is 6.04 Å². The molecular formula is C7H12N4O2S. The van der Waals surface area contributed by atoms with Crippen molar-refractivity contribution in [2.24, 2.45) is 0 Å². The highest BCUT2D eigenvalue weighted by Crippen LogP contribution is 2.17. The minimum absolute atomic E-state index is 0.259. The fourth-order valence-electron chi connectivity index (χ4n) is 1.32. The molecule has 1 saturated heterocycles. The van der Waals surface area contributed by atoms with Crippen molar-refractivity contribution in [2.75, 3.05) is 24.1 Å². The third-order valence-corrected chi connectivity index (χ3v) is 2.65. The van der Waals surface area contributed by atoms with Crippen molar-refractivity contribution in [1.29, 1.82) is 0 Å². The molecule has 2 rings (SSSR count). The van der Waals surface area contributed by atoms with Gasteiger partial charge in [-0.1, -0.05) is 0 Å². The maximum Gasteiger partial charge on any atom is 0.230 e. The van der Waals surface area contributed by atoms with Gasteiger partial charge >= 0.3 is 0 Å². The molecule has 2 heterocycles. The van der Waals surface area contributed by atoms with E-state index in [0.717, 1.165) is 19.3 Å². The zero-order valence-corrected chi connectivity index (χ0v) is 8.58. The van der Waals surface area contributed by atoms with E-state index in [2.05, 4.69) is 15.1 Å². The zero-order chi connectivity index (χ0) is 10.2. The van der Waals surface area contributed by atoms with Crippen molar-refractivity contribution in [1.82, 2.24) is 15.1 Å². The van der Waals surface area contributed by atoms with E-state index in [1.165, 1.54) is 0 Å². The van der Waals surface area contributed by atoms with Gasteiger partial charge in [-0.25, -0.2) is 13.1 Å². The fourth-order valence-corrected chi connectivity index (χ4v) is 1.86. The number of anilines is 1. The number of sulfonamides is 1. The van der Waals surface area contributed by atoms with E-state index in [1.54, 1.807) is 16.9 Å². The summed E-state index contributed by atoms with van der Waals surface area (Å²) in [5, 5.41) is 7.17. The highest BCUT2D eigenvalue weighted by atomic mass is 32.2. The molecule has 1 fully saturated rings. The first-order valence-corrected chi connectivity index (χ1v) is 6.17. The second-order valence-corrected chi connectivity index (χ2v) is 5.10. The molecule has 7 heteroatoms. The Balaban J connectivity index is 2.21. The number of hydrogen-bond donors (Lipinski definition) is 2. The van der Waals surface area contributed by atoms with E-state index >= 15 is 0 Å². The van der Waals surface area contributed by atoms with Crippen molar-refractivity contribution in [3.8, 4) is 0 Å². The van der Waals surface area contributed by atoms with Gasteiger partial charge in [-0.05, 0) is 0 Å². The van der Waals surface area contributed by atoms with Gasteiger partial charge in [0.2, 0.25) is 10.0 Å². The standard InChI is InChI=1S/C7H12N4O2S/c1-14(12,13)10-7-2-3-9-11(7)6-4-8-5-6/h2-3,6,8,10H,4-5H2,1H3. The van der Waals surface area contributed by atoms with Crippen LogP contribution in [-0.2, 0) is 10.0 Å². The Morgan fingerprint density at radius 3 is 2.86 bits per heavy atom. The summed E-state index contributed by atoms with van der Waals surface area (Å²) in [6.07, 6.45) is 2.72. The smallest absolute Gasteiger partial charge is 0.230 e. The average Bonchev–Trinajstić information content (AvgIpc) is 2.30. The third kappa shape index (κ3) is 1.88. The van der Waals surface area contributed by atoms with Crippen molar-refractivity contribution in [3.05, 3.63) is 12.3 Å². The van der Waals surface area contributed by atoms with Crippen LogP contribution in [0.4, 0.5) is 5.82 Å². The van der Waals surface area contributed by atoms with Crippen LogP contribution in [0.25, 0.3) is 0 Å². The number of nitrogens with one attached hydrogen (secondary N) is 2. The molecule has 0 bridgehead atoms. The third-order valence-electron chi connectivity index (χ3n) is 2.07. The van der Waals surface area contributed by atoms with Gasteiger partial charge in [0.05, 0.1) is 18.5 Å². The Labute approximate surface area is 82.4 Å². The summed E-state index contributed by atoms with van der Waals surface area (Å²) in [6.45, 7) is 1.67. The number of aromatic nitrogens is 2. The molecule has 1 aliphatic rings. The maximum atomic E-state index is 11.0. The van der Waals surface area contributed by atoms with Crippen LogP contribution in [-0.4, -0.2) is 37.5 Å². The second-order valence-electron chi connectivity index (χ2n) is 3.35. The molecular weight excluding hydrogens is 204 g/mol. The molecule has 0 radical (unpaired) electrons. The number of hydrogen-bond acceptors (Lipinski definition) is 4. The monoisotopic (exact) mass is 216 g/mol. The predicted molar refractivity (Wildman–Crippen MR) is 52.6 cm³/mol. The van der Waals surface area contributed by atoms with Crippen LogP contribution in [0, 0.1) is 0 Å². The van der Waals surface area contributed by atoms with Gasteiger partial charge < -0.3 is 5.32 Å². The summed E-state index contributed by atoms with van der Waals surface area (Å²) >= 11 is 0. The lowest BCUT2D eigenvalue weighted by molar-refractivity contribution is 0.322. The fraction of sp³-hybridized carbons (Fsp3) is 0.571. The lowest BCUT2D eigenvalue weighted by atomic mass is 10.2. The first kappa shape index (κ1) is 9.47. The van der Waals surface area contributed by atoms with Crippen LogP contribution in [0.2, 0.25) is 0 Å². The summed E-state index contributed by atoms with van der Waals surface area (Å²) in [4.78, 5) is 0. The van der Waals surface area contributed by atoms with Gasteiger partial charge in [0.15, 0.2) is 0 Å². The Morgan fingerprint density at radius 1 is 1.64 bits per heavy atom. The van der Waals surface area contributed by atoms with Crippen molar-refractivity contribution >= 4 is 15.8 Å². The summed E-state index contributed by atoms with van der Waals surface area (Å²) in [5.41, 5.74) is 0. The van der Waals surface area contributed by atoms with Crippen LogP contribution in [0.3, 0.4) is 0 Å². The molecule has 1 aliphatic heterocycles. The maximum absolute atomic E-state index is 11.0. The molecule has 0 aliphatic carbocycles. The molecule has 0 aromatic carbocycles. The molecule has 78 valence electrons. The van der Waals surface area contributed by atoms with E-state index < -0.39 is 10.0 Å². The topological polar surface area (TPSA) is 76.0 Å². The Bertz CT molecular complexity index is 421. The first-order chi connectivity index (χ1) is 6.56. The van der Waals surface area contributed by atoms with Gasteiger partial charge in [-0.15, -0.1) is 0 Å². The molecule has 0 atom stereocenters. The minimum Gasteiger partial charge on any atom is -0.312 e. The molecule has 1 aromatic heterocycles. The van der Waals surface area contributed by atoms with E-state index in [9.17, 15) is 8.42 Å². The molecule has 1 aromatic rings. The molecule has 14 heavy (non-hydrogen) atoms. The quantitative estimate of drug-likeness (QED) is 0.707. The van der Waals surface area contributed by atoms with Crippen LogP contribution < -0.4 is 10.0 Å². The number of nitrogens with zero attached hydrogens (tertiary/aromatic N) is 2. The van der Waals surface area contributed by atoms with Crippen molar-refractivity contribution < 1.29 is 8.42 Å². The van der Waals surface area contributed by atoms with E-state index in [1.807, 2.05) is 0 Å². The van der Waals surface area contributed by atoms with Crippen LogP contribution >= 0.6 is 0 Å². The SMILES string of the molecule is CS(=O)(=O)Nc1ccnn1C1CNC1. The highest BCUT2D eigenvalue weighted by molar-refractivity contribution is 7.92. The second kappa shape index (κ2) is 3.25. The zero-order valence-electron chi connectivity index (χ0n) is 7.77. The summed E-state index contributed by atoms with van der Waals surface area (Å²) in [5.74, 6) is 0.527. The highest BCUT2D eigenvalue weighted by Gasteiger charge is 2.22. The average molecular weight is 216 g/mol. The molecule has 0 saturated carbocycles. The summed E-state index contributed by atoms with van der Waals surface area (Å²) in [7, 11) is -3.22. The first-order valence-electron chi connectivity index (χ1n) is 4.28. The van der Waals surface area contributed by atoms with Gasteiger partial charge in [0.1, 0.15) is 5.82 Å². The van der Waals surface area contributed by atoms with Gasteiger partial charge in [0, 0.05) is 19.2 Å². The van der Waals surface area contributed by atoms with Gasteiger partial charge in [-0.2, -0.15) is 5.10 Å². The van der Waals surface area contributed by atoms with E-state index in [4.69, 9.17) is 0 Å². The lowest BCUT2D eigenvalue weighted by Gasteiger charge is -2.28. The van der Waals surface area contributed by atoms with Crippen molar-refractivity contribution in [2.45, 2.75) is 6.04 Å². The molecule has 2 N–H and O–H groups in total.